The lowest BCUT2D eigenvalue weighted by atomic mass is 10.1. The molecule has 2 N–H and O–H groups in total. The van der Waals surface area contributed by atoms with Crippen molar-refractivity contribution in [3.63, 3.8) is 0 Å². The number of benzene rings is 1. The number of rotatable bonds is 8. The standard InChI is InChI=1S/C21H24N4O4/c1-3-28-20(26)17-11-19(21(27)29-4-2)24(14-17)13-16-7-6-15(10-18(16)22)12-25-9-5-8-23-25/h5-11,14H,3-4,12-13,22H2,1-2H3. The monoisotopic (exact) mass is 396 g/mol. The van der Waals surface area contributed by atoms with Gasteiger partial charge >= 0.3 is 11.9 Å². The van der Waals surface area contributed by atoms with Crippen molar-refractivity contribution in [2.45, 2.75) is 26.9 Å². The van der Waals surface area contributed by atoms with Crippen LogP contribution in [0.3, 0.4) is 0 Å². The van der Waals surface area contributed by atoms with Crippen molar-refractivity contribution in [3.8, 4) is 0 Å². The molecule has 0 amide bonds. The van der Waals surface area contributed by atoms with Crippen LogP contribution in [0.1, 0.15) is 45.8 Å². The van der Waals surface area contributed by atoms with Gasteiger partial charge in [-0.25, -0.2) is 9.59 Å². The van der Waals surface area contributed by atoms with E-state index in [1.165, 1.54) is 6.07 Å². The Hall–Kier alpha value is -3.55. The smallest absolute Gasteiger partial charge is 0.354 e. The average Bonchev–Trinajstić information content (AvgIpc) is 3.34. The van der Waals surface area contributed by atoms with Crippen molar-refractivity contribution in [1.29, 1.82) is 0 Å². The van der Waals surface area contributed by atoms with Gasteiger partial charge in [0.1, 0.15) is 5.69 Å². The number of hydrogen-bond donors (Lipinski definition) is 1. The van der Waals surface area contributed by atoms with E-state index in [0.717, 1.165) is 11.1 Å². The van der Waals surface area contributed by atoms with Gasteiger partial charge in [-0.3, -0.25) is 4.68 Å². The van der Waals surface area contributed by atoms with Crippen molar-refractivity contribution < 1.29 is 19.1 Å². The zero-order valence-electron chi connectivity index (χ0n) is 16.5. The second-order valence-electron chi connectivity index (χ2n) is 6.42. The molecular formula is C21H24N4O4. The first kappa shape index (κ1) is 20.2. The van der Waals surface area contributed by atoms with Crippen LogP contribution in [0.2, 0.25) is 0 Å². The molecule has 0 aliphatic carbocycles. The van der Waals surface area contributed by atoms with Gasteiger partial charge in [0.25, 0.3) is 0 Å². The predicted molar refractivity (Wildman–Crippen MR) is 108 cm³/mol. The highest BCUT2D eigenvalue weighted by Crippen LogP contribution is 2.20. The molecule has 3 rings (SSSR count). The molecule has 8 heteroatoms. The summed E-state index contributed by atoms with van der Waals surface area (Å²) in [6.45, 7) is 4.89. The molecule has 0 radical (unpaired) electrons. The molecule has 0 fully saturated rings. The minimum absolute atomic E-state index is 0.239. The second-order valence-corrected chi connectivity index (χ2v) is 6.42. The first-order valence-electron chi connectivity index (χ1n) is 9.41. The first-order valence-corrected chi connectivity index (χ1v) is 9.41. The number of nitrogens with zero attached hydrogens (tertiary/aromatic N) is 3. The third kappa shape index (κ3) is 4.84. The van der Waals surface area contributed by atoms with Gasteiger partial charge in [-0.05, 0) is 43.2 Å². The van der Waals surface area contributed by atoms with Crippen molar-refractivity contribution in [2.75, 3.05) is 18.9 Å². The molecule has 3 aromatic rings. The minimum atomic E-state index is -0.503. The summed E-state index contributed by atoms with van der Waals surface area (Å²) < 4.78 is 13.6. The third-order valence-corrected chi connectivity index (χ3v) is 4.35. The van der Waals surface area contributed by atoms with Crippen LogP contribution in [0.25, 0.3) is 0 Å². The first-order chi connectivity index (χ1) is 14.0. The number of carbonyl (C=O) groups is 2. The van der Waals surface area contributed by atoms with Crippen LogP contribution < -0.4 is 5.73 Å². The lowest BCUT2D eigenvalue weighted by molar-refractivity contribution is 0.0512. The van der Waals surface area contributed by atoms with E-state index in [2.05, 4.69) is 5.10 Å². The molecule has 0 unspecified atom stereocenters. The van der Waals surface area contributed by atoms with Gasteiger partial charge in [0, 0.05) is 30.8 Å². The number of nitrogens with two attached hydrogens (primary N) is 1. The topological polar surface area (TPSA) is 101 Å². The molecule has 2 aromatic heterocycles. The summed E-state index contributed by atoms with van der Waals surface area (Å²) >= 11 is 0. The van der Waals surface area contributed by atoms with Gasteiger partial charge < -0.3 is 19.8 Å². The second kappa shape index (κ2) is 9.09. The van der Waals surface area contributed by atoms with E-state index in [-0.39, 0.29) is 18.9 Å². The number of ether oxygens (including phenoxy) is 2. The Labute approximate surface area is 168 Å². The fraction of sp³-hybridized carbons (Fsp3) is 0.286. The molecule has 0 saturated heterocycles. The van der Waals surface area contributed by atoms with E-state index in [4.69, 9.17) is 15.2 Å². The van der Waals surface area contributed by atoms with Crippen LogP contribution >= 0.6 is 0 Å². The molecule has 0 bridgehead atoms. The van der Waals surface area contributed by atoms with Gasteiger partial charge in [0.05, 0.1) is 25.3 Å². The average molecular weight is 396 g/mol. The largest absolute Gasteiger partial charge is 0.462 e. The number of hydrogen-bond acceptors (Lipinski definition) is 6. The predicted octanol–water partition coefficient (Wildman–Crippen LogP) is 2.72. The normalized spacial score (nSPS) is 10.7. The van der Waals surface area contributed by atoms with Gasteiger partial charge in [0.2, 0.25) is 0 Å². The SMILES string of the molecule is CCOC(=O)c1cc(C(=O)OCC)n(Cc2ccc(Cn3cccn3)cc2N)c1. The minimum Gasteiger partial charge on any atom is -0.462 e. The highest BCUT2D eigenvalue weighted by Gasteiger charge is 2.19. The highest BCUT2D eigenvalue weighted by atomic mass is 16.5. The summed E-state index contributed by atoms with van der Waals surface area (Å²) in [4.78, 5) is 24.4. The van der Waals surface area contributed by atoms with E-state index < -0.39 is 11.9 Å². The summed E-state index contributed by atoms with van der Waals surface area (Å²) in [5, 5.41) is 4.19. The summed E-state index contributed by atoms with van der Waals surface area (Å²) in [6, 6.07) is 9.11. The zero-order chi connectivity index (χ0) is 20.8. The number of anilines is 1. The van der Waals surface area contributed by atoms with Crippen LogP contribution in [0.15, 0.2) is 48.9 Å². The molecule has 29 heavy (non-hydrogen) atoms. The van der Waals surface area contributed by atoms with Crippen molar-refractivity contribution in [3.05, 3.63) is 71.3 Å². The molecule has 2 heterocycles. The molecule has 152 valence electrons. The summed E-state index contributed by atoms with van der Waals surface area (Å²) in [6.07, 6.45) is 5.19. The van der Waals surface area contributed by atoms with E-state index in [9.17, 15) is 9.59 Å². The van der Waals surface area contributed by atoms with Gasteiger partial charge in [-0.2, -0.15) is 5.10 Å². The fourth-order valence-electron chi connectivity index (χ4n) is 2.99. The maximum absolute atomic E-state index is 12.3. The Morgan fingerprint density at radius 2 is 1.83 bits per heavy atom. The van der Waals surface area contributed by atoms with Crippen LogP contribution in [0.5, 0.6) is 0 Å². The Morgan fingerprint density at radius 3 is 2.48 bits per heavy atom. The van der Waals surface area contributed by atoms with Crippen molar-refractivity contribution >= 4 is 17.6 Å². The molecule has 8 nitrogen and oxygen atoms in total. The molecular weight excluding hydrogens is 372 g/mol. The summed E-state index contributed by atoms with van der Waals surface area (Å²) in [5.74, 6) is -0.990. The van der Waals surface area contributed by atoms with E-state index >= 15 is 0 Å². The van der Waals surface area contributed by atoms with Crippen LogP contribution in [0, 0.1) is 0 Å². The van der Waals surface area contributed by atoms with Crippen LogP contribution in [0.4, 0.5) is 5.69 Å². The van der Waals surface area contributed by atoms with Gasteiger partial charge in [-0.15, -0.1) is 0 Å². The zero-order valence-corrected chi connectivity index (χ0v) is 16.5. The Kier molecular flexibility index (Phi) is 6.33. The maximum Gasteiger partial charge on any atom is 0.354 e. The van der Waals surface area contributed by atoms with Crippen LogP contribution in [-0.2, 0) is 22.6 Å². The van der Waals surface area contributed by atoms with Gasteiger partial charge in [-0.1, -0.05) is 12.1 Å². The molecule has 0 aliphatic heterocycles. The van der Waals surface area contributed by atoms with E-state index in [1.807, 2.05) is 35.1 Å². The molecule has 1 aromatic carbocycles. The van der Waals surface area contributed by atoms with Crippen molar-refractivity contribution in [2.24, 2.45) is 0 Å². The van der Waals surface area contributed by atoms with Gasteiger partial charge in [0.15, 0.2) is 0 Å². The maximum atomic E-state index is 12.3. The quantitative estimate of drug-likeness (QED) is 0.464. The van der Waals surface area contributed by atoms with Crippen LogP contribution in [-0.4, -0.2) is 39.5 Å². The molecule has 0 atom stereocenters. The fourth-order valence-corrected chi connectivity index (χ4v) is 2.99. The molecule has 0 aliphatic rings. The number of esters is 2. The summed E-state index contributed by atoms with van der Waals surface area (Å²) in [5.41, 5.74) is 9.25. The Balaban J connectivity index is 1.85. The number of aromatic nitrogens is 3. The molecule has 0 saturated carbocycles. The van der Waals surface area contributed by atoms with E-state index in [1.54, 1.807) is 30.8 Å². The van der Waals surface area contributed by atoms with Crippen molar-refractivity contribution in [1.82, 2.24) is 14.3 Å². The highest BCUT2D eigenvalue weighted by molar-refractivity contribution is 5.95. The molecule has 0 spiro atoms. The van der Waals surface area contributed by atoms with E-state index in [0.29, 0.717) is 24.3 Å². The summed E-state index contributed by atoms with van der Waals surface area (Å²) in [7, 11) is 0. The number of carbonyl (C=O) groups excluding carboxylic acids is 2. The number of nitrogen functional groups attached to an aromatic ring is 1. The lowest BCUT2D eigenvalue weighted by Crippen LogP contribution is -2.13. The lowest BCUT2D eigenvalue weighted by Gasteiger charge is -2.12. The Morgan fingerprint density at radius 1 is 1.07 bits per heavy atom. The Bertz CT molecular complexity index is 992. The third-order valence-electron chi connectivity index (χ3n) is 4.35.